The van der Waals surface area contributed by atoms with Gasteiger partial charge in [-0.3, -0.25) is 9.80 Å². The minimum Gasteiger partial charge on any atom is -0.477 e. The average Bonchev–Trinajstić information content (AvgIpc) is 2.62. The fourth-order valence-corrected chi connectivity index (χ4v) is 3.15. The smallest absolute Gasteiger partial charge is 0.341 e. The van der Waals surface area contributed by atoms with Crippen molar-refractivity contribution in [2.45, 2.75) is 45.6 Å². The Morgan fingerprint density at radius 3 is 2.68 bits per heavy atom. The molecule has 1 aliphatic carbocycles. The highest BCUT2D eigenvalue weighted by Gasteiger charge is 2.16. The summed E-state index contributed by atoms with van der Waals surface area (Å²) in [6.45, 7) is 2.40. The van der Waals surface area contributed by atoms with Crippen LogP contribution in [0.3, 0.4) is 0 Å². The van der Waals surface area contributed by atoms with E-state index in [-0.39, 0.29) is 5.56 Å². The third-order valence-corrected chi connectivity index (χ3v) is 4.53. The van der Waals surface area contributed by atoms with E-state index in [9.17, 15) is 14.7 Å². The van der Waals surface area contributed by atoms with Crippen molar-refractivity contribution in [3.8, 4) is 0 Å². The number of carboxylic acid groups (broad SMARTS) is 1. The molecule has 0 amide bonds. The van der Waals surface area contributed by atoms with E-state index in [2.05, 4.69) is 10.1 Å². The Hall–Kier alpha value is -2.70. The lowest BCUT2D eigenvalue weighted by Gasteiger charge is -2.18. The zero-order valence-corrected chi connectivity index (χ0v) is 14.5. The molecule has 1 N–H and O–H groups in total. The van der Waals surface area contributed by atoms with Gasteiger partial charge in [-0.15, -0.1) is 0 Å². The topological polar surface area (TPSA) is 87.8 Å². The number of pyridine rings is 2. The van der Waals surface area contributed by atoms with Gasteiger partial charge in [0.25, 0.3) is 0 Å². The van der Waals surface area contributed by atoms with Gasteiger partial charge in [-0.25, -0.2) is 9.78 Å². The van der Waals surface area contributed by atoms with Gasteiger partial charge in [-0.2, -0.15) is 5.10 Å². The van der Waals surface area contributed by atoms with Crippen molar-refractivity contribution >= 4 is 28.5 Å². The lowest BCUT2D eigenvalue weighted by molar-refractivity contribution is 0.0695. The molecule has 0 saturated heterocycles. The van der Waals surface area contributed by atoms with E-state index < -0.39 is 11.4 Å². The maximum Gasteiger partial charge on any atom is 0.341 e. The van der Waals surface area contributed by atoms with Crippen LogP contribution >= 0.6 is 0 Å². The quantitative estimate of drug-likeness (QED) is 0.863. The molecule has 0 atom stereocenters. The number of aromatic nitrogens is 2. The molecule has 132 valence electrons. The third-order valence-electron chi connectivity index (χ3n) is 4.53. The normalized spacial score (nSPS) is 14.6. The minimum absolute atomic E-state index is 0.236. The number of hydrogen-bond donors (Lipinski definition) is 1. The van der Waals surface area contributed by atoms with Gasteiger partial charge in [0.15, 0.2) is 5.82 Å². The Bertz CT molecular complexity index is 893. The zero-order chi connectivity index (χ0) is 18.0. The van der Waals surface area contributed by atoms with E-state index in [1.54, 1.807) is 21.7 Å². The molecule has 0 radical (unpaired) electrons. The number of carbonyl (C=O) groups is 1. The Balaban J connectivity index is 2.06. The standard InChI is InChI=1S/C18H22N4O3/c1-3-22-11-14(18(24)25)16(23)13-9-10-15(19-17(13)22)21(2)20-12-7-5-4-6-8-12/h9-11H,3-8H2,1-2H3,(H,24,25). The lowest BCUT2D eigenvalue weighted by Crippen LogP contribution is -2.21. The minimum atomic E-state index is -1.22. The van der Waals surface area contributed by atoms with E-state index in [0.29, 0.717) is 23.4 Å². The van der Waals surface area contributed by atoms with Gasteiger partial charge < -0.3 is 9.67 Å². The molecular weight excluding hydrogens is 320 g/mol. The number of rotatable bonds is 4. The number of carboxylic acids is 1. The fourth-order valence-electron chi connectivity index (χ4n) is 3.15. The van der Waals surface area contributed by atoms with E-state index in [1.807, 2.05) is 14.0 Å². The van der Waals surface area contributed by atoms with Crippen molar-refractivity contribution in [3.63, 3.8) is 0 Å². The highest BCUT2D eigenvalue weighted by atomic mass is 16.4. The predicted molar refractivity (Wildman–Crippen MR) is 97.6 cm³/mol. The summed E-state index contributed by atoms with van der Waals surface area (Å²) in [5.74, 6) is -0.589. The van der Waals surface area contributed by atoms with Gasteiger partial charge in [-0.1, -0.05) is 6.42 Å². The third kappa shape index (κ3) is 3.40. The molecule has 0 spiro atoms. The number of hydrogen-bond acceptors (Lipinski definition) is 5. The maximum atomic E-state index is 12.4. The van der Waals surface area contributed by atoms with Crippen molar-refractivity contribution in [3.05, 3.63) is 34.1 Å². The number of aryl methyl sites for hydroxylation is 1. The predicted octanol–water partition coefficient (Wildman–Crippen LogP) is 2.87. The van der Waals surface area contributed by atoms with Crippen molar-refractivity contribution in [2.24, 2.45) is 5.10 Å². The Morgan fingerprint density at radius 2 is 2.04 bits per heavy atom. The van der Waals surface area contributed by atoms with Gasteiger partial charge in [0.1, 0.15) is 11.2 Å². The second kappa shape index (κ2) is 7.04. The molecule has 7 nitrogen and oxygen atoms in total. The summed E-state index contributed by atoms with van der Waals surface area (Å²) in [6.07, 6.45) is 6.98. The molecular formula is C18H22N4O3. The summed E-state index contributed by atoms with van der Waals surface area (Å²) in [7, 11) is 1.84. The van der Waals surface area contributed by atoms with E-state index >= 15 is 0 Å². The Labute approximate surface area is 145 Å². The summed E-state index contributed by atoms with van der Waals surface area (Å²) in [5.41, 5.74) is 0.905. The van der Waals surface area contributed by atoms with E-state index in [4.69, 9.17) is 0 Å². The van der Waals surface area contributed by atoms with Crippen molar-refractivity contribution in [2.75, 3.05) is 12.1 Å². The molecule has 1 aliphatic rings. The van der Waals surface area contributed by atoms with Crippen LogP contribution in [-0.2, 0) is 6.54 Å². The van der Waals surface area contributed by atoms with Crippen LogP contribution in [0.2, 0.25) is 0 Å². The summed E-state index contributed by atoms with van der Waals surface area (Å²) in [6, 6.07) is 3.35. The number of hydrazone groups is 1. The van der Waals surface area contributed by atoms with Crippen LogP contribution in [0.15, 0.2) is 28.2 Å². The largest absolute Gasteiger partial charge is 0.477 e. The number of anilines is 1. The maximum absolute atomic E-state index is 12.4. The summed E-state index contributed by atoms with van der Waals surface area (Å²) in [5, 5.41) is 15.9. The van der Waals surface area contributed by atoms with Crippen LogP contribution < -0.4 is 10.4 Å². The molecule has 0 bridgehead atoms. The highest BCUT2D eigenvalue weighted by Crippen LogP contribution is 2.19. The zero-order valence-electron chi connectivity index (χ0n) is 14.5. The van der Waals surface area contributed by atoms with E-state index in [1.165, 1.54) is 31.2 Å². The van der Waals surface area contributed by atoms with Gasteiger partial charge in [0, 0.05) is 25.5 Å². The first kappa shape index (κ1) is 17.1. The molecule has 2 aromatic heterocycles. The van der Waals surface area contributed by atoms with Crippen LogP contribution in [0.5, 0.6) is 0 Å². The lowest BCUT2D eigenvalue weighted by atomic mass is 9.99. The molecule has 0 unspecified atom stereocenters. The summed E-state index contributed by atoms with van der Waals surface area (Å²) < 4.78 is 1.69. The first-order chi connectivity index (χ1) is 12.0. The van der Waals surface area contributed by atoms with Gasteiger partial charge in [0.05, 0.1) is 5.39 Å². The Morgan fingerprint density at radius 1 is 1.32 bits per heavy atom. The van der Waals surface area contributed by atoms with E-state index in [0.717, 1.165) is 12.8 Å². The molecule has 7 heteroatoms. The Kier molecular flexibility index (Phi) is 4.83. The summed E-state index contributed by atoms with van der Waals surface area (Å²) >= 11 is 0. The SMILES string of the molecule is CCn1cc(C(=O)O)c(=O)c2ccc(N(C)N=C3CCCCC3)nc21. The molecule has 1 saturated carbocycles. The van der Waals surface area contributed by atoms with Gasteiger partial charge in [-0.05, 0) is 44.7 Å². The van der Waals surface area contributed by atoms with Crippen molar-refractivity contribution < 1.29 is 9.90 Å². The second-order valence-electron chi connectivity index (χ2n) is 6.25. The fraction of sp³-hybridized carbons (Fsp3) is 0.444. The molecule has 1 fully saturated rings. The molecule has 25 heavy (non-hydrogen) atoms. The molecule has 0 aliphatic heterocycles. The molecule has 2 aromatic rings. The van der Waals surface area contributed by atoms with Crippen molar-refractivity contribution in [1.29, 1.82) is 0 Å². The summed E-state index contributed by atoms with van der Waals surface area (Å²) in [4.78, 5) is 28.2. The highest BCUT2D eigenvalue weighted by molar-refractivity contribution is 5.92. The molecule has 0 aromatic carbocycles. The number of nitrogens with zero attached hydrogens (tertiary/aromatic N) is 4. The van der Waals surface area contributed by atoms with Crippen LogP contribution in [0.1, 0.15) is 49.4 Å². The van der Waals surface area contributed by atoms with Crippen LogP contribution in [0.25, 0.3) is 11.0 Å². The van der Waals surface area contributed by atoms with Crippen LogP contribution in [0, 0.1) is 0 Å². The van der Waals surface area contributed by atoms with Crippen LogP contribution in [0.4, 0.5) is 5.82 Å². The van der Waals surface area contributed by atoms with Crippen LogP contribution in [-0.4, -0.2) is 33.4 Å². The first-order valence-corrected chi connectivity index (χ1v) is 8.59. The first-order valence-electron chi connectivity index (χ1n) is 8.59. The average molecular weight is 342 g/mol. The van der Waals surface area contributed by atoms with Gasteiger partial charge >= 0.3 is 5.97 Å². The number of fused-ring (bicyclic) bond motifs is 1. The molecule has 2 heterocycles. The number of aromatic carboxylic acids is 1. The van der Waals surface area contributed by atoms with Crippen molar-refractivity contribution in [1.82, 2.24) is 9.55 Å². The monoisotopic (exact) mass is 342 g/mol. The van der Waals surface area contributed by atoms with Gasteiger partial charge in [0.2, 0.25) is 5.43 Å². The molecule has 3 rings (SSSR count). The second-order valence-corrected chi connectivity index (χ2v) is 6.25.